The van der Waals surface area contributed by atoms with Crippen LogP contribution in [0.3, 0.4) is 0 Å². The van der Waals surface area contributed by atoms with Crippen LogP contribution in [0.5, 0.6) is 0 Å². The van der Waals surface area contributed by atoms with Gasteiger partial charge in [0.1, 0.15) is 0 Å². The Morgan fingerprint density at radius 2 is 2.36 bits per heavy atom. The van der Waals surface area contributed by atoms with E-state index in [0.717, 1.165) is 6.54 Å². The molecule has 0 unspecified atom stereocenters. The maximum Gasteiger partial charge on any atom is 0.0635 e. The lowest BCUT2D eigenvalue weighted by Gasteiger charge is -1.99. The zero-order valence-electron chi connectivity index (χ0n) is 7.33. The summed E-state index contributed by atoms with van der Waals surface area (Å²) in [5.41, 5.74) is 2.46. The Morgan fingerprint density at radius 1 is 1.64 bits per heavy atom. The third-order valence-electron chi connectivity index (χ3n) is 1.70. The van der Waals surface area contributed by atoms with Crippen LogP contribution in [0, 0.1) is 6.92 Å². The third kappa shape index (κ3) is 1.50. The first-order chi connectivity index (χ1) is 5.29. The molecular formula is C9H14N2. The molecule has 2 nitrogen and oxygen atoms in total. The van der Waals surface area contributed by atoms with E-state index in [9.17, 15) is 0 Å². The van der Waals surface area contributed by atoms with E-state index in [1.807, 2.05) is 23.9 Å². The van der Waals surface area contributed by atoms with Crippen LogP contribution in [0.2, 0.25) is 0 Å². The van der Waals surface area contributed by atoms with Crippen molar-refractivity contribution in [1.82, 2.24) is 9.78 Å². The van der Waals surface area contributed by atoms with Crippen molar-refractivity contribution in [2.45, 2.75) is 27.3 Å². The highest BCUT2D eigenvalue weighted by Gasteiger charge is 2.00. The van der Waals surface area contributed by atoms with Gasteiger partial charge in [0.2, 0.25) is 0 Å². The normalized spacial score (nSPS) is 11.2. The number of nitrogens with zero attached hydrogens (tertiary/aromatic N) is 2. The Hall–Kier alpha value is -1.05. The minimum atomic E-state index is 0.938. The first-order valence-corrected chi connectivity index (χ1v) is 3.94. The van der Waals surface area contributed by atoms with Crippen LogP contribution < -0.4 is 0 Å². The van der Waals surface area contributed by atoms with E-state index >= 15 is 0 Å². The van der Waals surface area contributed by atoms with E-state index in [-0.39, 0.29) is 0 Å². The van der Waals surface area contributed by atoms with Gasteiger partial charge in [-0.05, 0) is 32.4 Å². The molecule has 2 heteroatoms. The first kappa shape index (κ1) is 8.05. The van der Waals surface area contributed by atoms with Crippen molar-refractivity contribution in [1.29, 1.82) is 0 Å². The fourth-order valence-corrected chi connectivity index (χ4v) is 1.12. The van der Waals surface area contributed by atoms with Gasteiger partial charge in [-0.2, -0.15) is 5.10 Å². The molecule has 0 aliphatic heterocycles. The first-order valence-electron chi connectivity index (χ1n) is 3.94. The van der Waals surface area contributed by atoms with Crippen LogP contribution in [0.1, 0.15) is 25.1 Å². The predicted molar refractivity (Wildman–Crippen MR) is 47.3 cm³/mol. The number of hydrogen-bond donors (Lipinski definition) is 0. The van der Waals surface area contributed by atoms with Crippen molar-refractivity contribution in [3.8, 4) is 0 Å². The van der Waals surface area contributed by atoms with E-state index in [2.05, 4.69) is 25.0 Å². The highest BCUT2D eigenvalue weighted by atomic mass is 15.3. The van der Waals surface area contributed by atoms with Gasteiger partial charge < -0.3 is 0 Å². The Bertz CT molecular complexity index is 259. The van der Waals surface area contributed by atoms with Crippen LogP contribution in [0.4, 0.5) is 0 Å². The summed E-state index contributed by atoms with van der Waals surface area (Å²) >= 11 is 0. The molecule has 1 rings (SSSR count). The lowest BCUT2D eigenvalue weighted by molar-refractivity contribution is 0.653. The molecule has 0 atom stereocenters. The van der Waals surface area contributed by atoms with Gasteiger partial charge in [-0.3, -0.25) is 4.68 Å². The maximum atomic E-state index is 4.22. The molecule has 0 saturated carbocycles. The number of hydrogen-bond acceptors (Lipinski definition) is 1. The molecule has 0 amide bonds. The monoisotopic (exact) mass is 150 g/mol. The van der Waals surface area contributed by atoms with E-state index in [0.29, 0.717) is 0 Å². The predicted octanol–water partition coefficient (Wildman–Crippen LogP) is 2.24. The van der Waals surface area contributed by atoms with Crippen LogP contribution in [-0.2, 0) is 6.54 Å². The number of aryl methyl sites for hydroxylation is 2. The summed E-state index contributed by atoms with van der Waals surface area (Å²) in [6, 6.07) is 0. The fraction of sp³-hybridized carbons (Fsp3) is 0.444. The number of aromatic nitrogens is 2. The van der Waals surface area contributed by atoms with Gasteiger partial charge in [-0.15, -0.1) is 0 Å². The minimum Gasteiger partial charge on any atom is -0.266 e. The van der Waals surface area contributed by atoms with Gasteiger partial charge in [0.25, 0.3) is 0 Å². The fourth-order valence-electron chi connectivity index (χ4n) is 1.12. The second-order valence-corrected chi connectivity index (χ2v) is 2.53. The Balaban J connectivity index is 3.07. The summed E-state index contributed by atoms with van der Waals surface area (Å²) in [6.45, 7) is 7.13. The quantitative estimate of drug-likeness (QED) is 0.632. The van der Waals surface area contributed by atoms with Gasteiger partial charge >= 0.3 is 0 Å². The molecule has 11 heavy (non-hydrogen) atoms. The SMILES string of the molecule is C/C=C\c1c(C)cnn1CC. The Kier molecular flexibility index (Phi) is 2.47. The van der Waals surface area contributed by atoms with Gasteiger partial charge in [-0.25, -0.2) is 0 Å². The zero-order valence-corrected chi connectivity index (χ0v) is 7.33. The molecule has 0 bridgehead atoms. The largest absolute Gasteiger partial charge is 0.266 e. The van der Waals surface area contributed by atoms with Crippen molar-refractivity contribution < 1.29 is 0 Å². The van der Waals surface area contributed by atoms with Crippen LogP contribution in [-0.4, -0.2) is 9.78 Å². The standard InChI is InChI=1S/C9H14N2/c1-4-6-9-8(3)7-10-11(9)5-2/h4,6-7H,5H2,1-3H3/b6-4-. The maximum absolute atomic E-state index is 4.22. The summed E-state index contributed by atoms with van der Waals surface area (Å²) in [7, 11) is 0. The van der Waals surface area contributed by atoms with Crippen molar-refractivity contribution in [2.75, 3.05) is 0 Å². The van der Waals surface area contributed by atoms with E-state index in [1.165, 1.54) is 11.3 Å². The topological polar surface area (TPSA) is 17.8 Å². The lowest BCUT2D eigenvalue weighted by atomic mass is 10.2. The van der Waals surface area contributed by atoms with Gasteiger partial charge in [0.05, 0.1) is 11.9 Å². The summed E-state index contributed by atoms with van der Waals surface area (Å²) < 4.78 is 2.00. The minimum absolute atomic E-state index is 0.938. The van der Waals surface area contributed by atoms with Crippen LogP contribution >= 0.6 is 0 Å². The number of allylic oxidation sites excluding steroid dienone is 1. The molecule has 60 valence electrons. The van der Waals surface area contributed by atoms with E-state index in [1.54, 1.807) is 0 Å². The van der Waals surface area contributed by atoms with Crippen LogP contribution in [0.15, 0.2) is 12.3 Å². The molecule has 1 heterocycles. The highest BCUT2D eigenvalue weighted by Crippen LogP contribution is 2.08. The van der Waals surface area contributed by atoms with E-state index < -0.39 is 0 Å². The smallest absolute Gasteiger partial charge is 0.0635 e. The summed E-state index contributed by atoms with van der Waals surface area (Å²) in [5.74, 6) is 0. The third-order valence-corrected chi connectivity index (χ3v) is 1.70. The van der Waals surface area contributed by atoms with Crippen molar-refractivity contribution in [2.24, 2.45) is 0 Å². The van der Waals surface area contributed by atoms with Gasteiger partial charge in [0, 0.05) is 6.54 Å². The van der Waals surface area contributed by atoms with Crippen molar-refractivity contribution in [3.63, 3.8) is 0 Å². The lowest BCUT2D eigenvalue weighted by Crippen LogP contribution is -1.98. The second-order valence-electron chi connectivity index (χ2n) is 2.53. The van der Waals surface area contributed by atoms with Crippen LogP contribution in [0.25, 0.3) is 6.08 Å². The average molecular weight is 150 g/mol. The molecule has 0 aliphatic rings. The molecule has 0 radical (unpaired) electrons. The Labute approximate surface area is 67.5 Å². The van der Waals surface area contributed by atoms with Crippen molar-refractivity contribution >= 4 is 6.08 Å². The van der Waals surface area contributed by atoms with Gasteiger partial charge in [-0.1, -0.05) is 6.08 Å². The Morgan fingerprint density at radius 3 is 2.91 bits per heavy atom. The summed E-state index contributed by atoms with van der Waals surface area (Å²) in [4.78, 5) is 0. The van der Waals surface area contributed by atoms with Crippen molar-refractivity contribution in [3.05, 3.63) is 23.5 Å². The summed E-state index contributed by atoms with van der Waals surface area (Å²) in [6.07, 6.45) is 6.03. The molecule has 0 N–H and O–H groups in total. The molecule has 0 saturated heterocycles. The molecule has 0 fully saturated rings. The molecule has 0 aromatic carbocycles. The molecule has 0 aliphatic carbocycles. The van der Waals surface area contributed by atoms with E-state index in [4.69, 9.17) is 0 Å². The zero-order chi connectivity index (χ0) is 8.27. The number of rotatable bonds is 2. The average Bonchev–Trinajstić information content (AvgIpc) is 2.34. The molecule has 1 aromatic rings. The highest BCUT2D eigenvalue weighted by molar-refractivity contribution is 5.48. The summed E-state index contributed by atoms with van der Waals surface area (Å²) in [5, 5.41) is 4.22. The second kappa shape index (κ2) is 3.37. The molecule has 0 spiro atoms. The molecular weight excluding hydrogens is 136 g/mol. The van der Waals surface area contributed by atoms with Gasteiger partial charge in [0.15, 0.2) is 0 Å². The molecule has 1 aromatic heterocycles.